The summed E-state index contributed by atoms with van der Waals surface area (Å²) in [6, 6.07) is 0.472. The van der Waals surface area contributed by atoms with Gasteiger partial charge in [0.15, 0.2) is 0 Å². The molecule has 3 nitrogen and oxygen atoms in total. The Morgan fingerprint density at radius 3 is 2.53 bits per heavy atom. The van der Waals surface area contributed by atoms with Crippen molar-refractivity contribution in [2.75, 3.05) is 7.05 Å². The van der Waals surface area contributed by atoms with Crippen LogP contribution in [0.5, 0.6) is 0 Å². The van der Waals surface area contributed by atoms with Crippen molar-refractivity contribution in [3.05, 3.63) is 18.0 Å². The standard InChI is InChI=1S/C14H25N3/c1-14(2)7-5-11(6-8-14)13(15-3)12-9-16-17(4)10-12/h9-11,13,15H,5-8H2,1-4H3. The van der Waals surface area contributed by atoms with Crippen LogP contribution in [-0.2, 0) is 7.05 Å². The number of nitrogens with zero attached hydrogens (tertiary/aromatic N) is 2. The fraction of sp³-hybridized carbons (Fsp3) is 0.786. The third-order valence-corrected chi connectivity index (χ3v) is 4.25. The fourth-order valence-electron chi connectivity index (χ4n) is 3.03. The highest BCUT2D eigenvalue weighted by Gasteiger charge is 2.31. The van der Waals surface area contributed by atoms with Crippen LogP contribution < -0.4 is 5.32 Å². The second-order valence-electron chi connectivity index (χ2n) is 6.22. The molecule has 1 unspecified atom stereocenters. The Morgan fingerprint density at radius 1 is 1.41 bits per heavy atom. The van der Waals surface area contributed by atoms with Crippen LogP contribution in [0.4, 0.5) is 0 Å². The summed E-state index contributed by atoms with van der Waals surface area (Å²) in [5.74, 6) is 0.761. The predicted octanol–water partition coefficient (Wildman–Crippen LogP) is 2.90. The van der Waals surface area contributed by atoms with Gasteiger partial charge in [-0.1, -0.05) is 13.8 Å². The summed E-state index contributed by atoms with van der Waals surface area (Å²) < 4.78 is 1.90. The number of aryl methyl sites for hydroxylation is 1. The number of rotatable bonds is 3. The second kappa shape index (κ2) is 4.81. The van der Waals surface area contributed by atoms with Gasteiger partial charge in [0, 0.05) is 24.8 Å². The highest BCUT2D eigenvalue weighted by molar-refractivity contribution is 5.12. The molecule has 1 fully saturated rings. The highest BCUT2D eigenvalue weighted by Crippen LogP contribution is 2.42. The van der Waals surface area contributed by atoms with Gasteiger partial charge in [-0.3, -0.25) is 4.68 Å². The maximum absolute atomic E-state index is 4.29. The van der Waals surface area contributed by atoms with Crippen molar-refractivity contribution in [1.29, 1.82) is 0 Å². The molecule has 3 heteroatoms. The SMILES string of the molecule is CNC(c1cnn(C)c1)C1CCC(C)(C)CC1. The molecular weight excluding hydrogens is 210 g/mol. The van der Waals surface area contributed by atoms with Crippen molar-refractivity contribution >= 4 is 0 Å². The summed E-state index contributed by atoms with van der Waals surface area (Å²) >= 11 is 0. The van der Waals surface area contributed by atoms with Crippen LogP contribution in [0.1, 0.15) is 51.1 Å². The normalized spacial score (nSPS) is 22.6. The average molecular weight is 235 g/mol. The summed E-state index contributed by atoms with van der Waals surface area (Å²) in [5.41, 5.74) is 1.88. The molecule has 0 spiro atoms. The Balaban J connectivity index is 2.05. The van der Waals surface area contributed by atoms with E-state index >= 15 is 0 Å². The summed E-state index contributed by atoms with van der Waals surface area (Å²) in [6.07, 6.45) is 9.48. The maximum Gasteiger partial charge on any atom is 0.0537 e. The van der Waals surface area contributed by atoms with Crippen molar-refractivity contribution in [2.24, 2.45) is 18.4 Å². The second-order valence-corrected chi connectivity index (χ2v) is 6.22. The van der Waals surface area contributed by atoms with Gasteiger partial charge in [0.2, 0.25) is 0 Å². The molecular formula is C14H25N3. The van der Waals surface area contributed by atoms with Crippen molar-refractivity contribution < 1.29 is 0 Å². The van der Waals surface area contributed by atoms with E-state index in [-0.39, 0.29) is 0 Å². The number of hydrogen-bond acceptors (Lipinski definition) is 2. The Hall–Kier alpha value is -0.830. The molecule has 1 aliphatic carbocycles. The molecule has 1 aliphatic rings. The summed E-state index contributed by atoms with van der Waals surface area (Å²) in [6.45, 7) is 4.78. The zero-order valence-electron chi connectivity index (χ0n) is 11.5. The Bertz CT molecular complexity index is 357. The van der Waals surface area contributed by atoms with Crippen LogP contribution in [0, 0.1) is 11.3 Å². The van der Waals surface area contributed by atoms with Gasteiger partial charge in [0.05, 0.1) is 6.20 Å². The van der Waals surface area contributed by atoms with Gasteiger partial charge in [0.1, 0.15) is 0 Å². The van der Waals surface area contributed by atoms with Gasteiger partial charge >= 0.3 is 0 Å². The van der Waals surface area contributed by atoms with Crippen LogP contribution in [0.15, 0.2) is 12.4 Å². The van der Waals surface area contributed by atoms with Gasteiger partial charge in [-0.25, -0.2) is 0 Å². The van der Waals surface area contributed by atoms with Crippen LogP contribution in [0.3, 0.4) is 0 Å². The van der Waals surface area contributed by atoms with E-state index < -0.39 is 0 Å². The molecule has 17 heavy (non-hydrogen) atoms. The first-order valence-corrected chi connectivity index (χ1v) is 6.68. The number of nitrogens with one attached hydrogen (secondary N) is 1. The van der Waals surface area contributed by atoms with E-state index in [1.165, 1.54) is 31.2 Å². The molecule has 1 atom stereocenters. The summed E-state index contributed by atoms with van der Waals surface area (Å²) in [5, 5.41) is 7.76. The molecule has 0 amide bonds. The zero-order valence-corrected chi connectivity index (χ0v) is 11.5. The summed E-state index contributed by atoms with van der Waals surface area (Å²) in [4.78, 5) is 0. The zero-order chi connectivity index (χ0) is 12.5. The quantitative estimate of drug-likeness (QED) is 0.873. The van der Waals surface area contributed by atoms with E-state index in [1.54, 1.807) is 0 Å². The minimum Gasteiger partial charge on any atom is -0.313 e. The third-order valence-electron chi connectivity index (χ3n) is 4.25. The van der Waals surface area contributed by atoms with E-state index in [0.717, 1.165) is 5.92 Å². The topological polar surface area (TPSA) is 29.9 Å². The molecule has 2 rings (SSSR count). The third kappa shape index (κ3) is 2.89. The molecule has 0 aromatic carbocycles. The molecule has 1 saturated carbocycles. The van der Waals surface area contributed by atoms with Crippen LogP contribution in [0.25, 0.3) is 0 Å². The molecule has 1 N–H and O–H groups in total. The van der Waals surface area contributed by atoms with Crippen LogP contribution >= 0.6 is 0 Å². The van der Waals surface area contributed by atoms with Gasteiger partial charge < -0.3 is 5.32 Å². The van der Waals surface area contributed by atoms with Gasteiger partial charge in [-0.05, 0) is 44.1 Å². The van der Waals surface area contributed by atoms with Crippen molar-refractivity contribution in [2.45, 2.75) is 45.6 Å². The molecule has 1 aromatic heterocycles. The minimum absolute atomic E-state index is 0.472. The molecule has 1 heterocycles. The van der Waals surface area contributed by atoms with Gasteiger partial charge in [-0.15, -0.1) is 0 Å². The monoisotopic (exact) mass is 235 g/mol. The predicted molar refractivity (Wildman–Crippen MR) is 70.7 cm³/mol. The van der Waals surface area contributed by atoms with E-state index in [0.29, 0.717) is 11.5 Å². The minimum atomic E-state index is 0.472. The van der Waals surface area contributed by atoms with Crippen molar-refractivity contribution in [1.82, 2.24) is 15.1 Å². The van der Waals surface area contributed by atoms with E-state index in [4.69, 9.17) is 0 Å². The molecule has 96 valence electrons. The lowest BCUT2D eigenvalue weighted by molar-refractivity contribution is 0.164. The average Bonchev–Trinajstić information content (AvgIpc) is 2.68. The molecule has 0 radical (unpaired) electrons. The van der Waals surface area contributed by atoms with Gasteiger partial charge in [-0.2, -0.15) is 5.10 Å². The van der Waals surface area contributed by atoms with Crippen LogP contribution in [0.2, 0.25) is 0 Å². The fourth-order valence-corrected chi connectivity index (χ4v) is 3.03. The number of hydrogen-bond donors (Lipinski definition) is 1. The first-order chi connectivity index (χ1) is 8.02. The van der Waals surface area contributed by atoms with E-state index in [1.807, 2.05) is 17.9 Å². The Kier molecular flexibility index (Phi) is 3.57. The summed E-state index contributed by atoms with van der Waals surface area (Å²) in [7, 11) is 4.05. The highest BCUT2D eigenvalue weighted by atomic mass is 15.2. The largest absolute Gasteiger partial charge is 0.313 e. The Morgan fingerprint density at radius 2 is 2.06 bits per heavy atom. The lowest BCUT2D eigenvalue weighted by atomic mass is 9.70. The van der Waals surface area contributed by atoms with E-state index in [9.17, 15) is 0 Å². The number of aromatic nitrogens is 2. The van der Waals surface area contributed by atoms with E-state index in [2.05, 4.69) is 37.5 Å². The molecule has 0 aliphatic heterocycles. The van der Waals surface area contributed by atoms with Gasteiger partial charge in [0.25, 0.3) is 0 Å². The smallest absolute Gasteiger partial charge is 0.0537 e. The lowest BCUT2D eigenvalue weighted by Gasteiger charge is -2.37. The maximum atomic E-state index is 4.29. The first kappa shape index (κ1) is 12.6. The van der Waals surface area contributed by atoms with Crippen molar-refractivity contribution in [3.8, 4) is 0 Å². The molecule has 1 aromatic rings. The molecule has 0 saturated heterocycles. The van der Waals surface area contributed by atoms with Crippen molar-refractivity contribution in [3.63, 3.8) is 0 Å². The lowest BCUT2D eigenvalue weighted by Crippen LogP contribution is -2.30. The Labute approximate surface area is 105 Å². The molecule has 0 bridgehead atoms. The first-order valence-electron chi connectivity index (χ1n) is 6.68. The van der Waals surface area contributed by atoms with Crippen LogP contribution in [-0.4, -0.2) is 16.8 Å².